The molecule has 0 spiro atoms. The van der Waals surface area contributed by atoms with Crippen molar-refractivity contribution in [2.75, 3.05) is 29.9 Å². The Labute approximate surface area is 111 Å². The molecule has 0 amide bonds. The highest BCUT2D eigenvalue weighted by Gasteiger charge is 2.18. The van der Waals surface area contributed by atoms with E-state index in [0.29, 0.717) is 19.1 Å². The van der Waals surface area contributed by atoms with E-state index in [1.165, 1.54) is 0 Å². The lowest BCUT2D eigenvalue weighted by Crippen LogP contribution is -2.38. The largest absolute Gasteiger partial charge is 0.375 e. The second-order valence-corrected chi connectivity index (χ2v) is 4.05. The summed E-state index contributed by atoms with van der Waals surface area (Å²) in [5.74, 6) is 0.576. The molecule has 8 nitrogen and oxygen atoms in total. The van der Waals surface area contributed by atoms with Gasteiger partial charge in [0.05, 0.1) is 12.7 Å². The van der Waals surface area contributed by atoms with E-state index in [1.807, 2.05) is 0 Å². The molecule has 0 aliphatic carbocycles. The van der Waals surface area contributed by atoms with Crippen LogP contribution in [0.15, 0.2) is 0 Å². The third kappa shape index (κ3) is 4.13. The standard InChI is InChI=1S/C9H17N7O.ClH/c10-5-1-2-6(17-4-5)3-13-9-15-7(11)14-8(12)16-9;/h5-6H,1-4,10H2,(H5,11,12,13,14,15,16);1H/t5-,6+;/m1./s1. The van der Waals surface area contributed by atoms with Crippen molar-refractivity contribution in [2.24, 2.45) is 5.73 Å². The summed E-state index contributed by atoms with van der Waals surface area (Å²) < 4.78 is 5.55. The lowest BCUT2D eigenvalue weighted by atomic mass is 10.1. The molecular formula is C9H18ClN7O. The number of hydrogen-bond acceptors (Lipinski definition) is 8. The minimum atomic E-state index is 0. The minimum absolute atomic E-state index is 0. The van der Waals surface area contributed by atoms with E-state index in [2.05, 4.69) is 20.3 Å². The third-order valence-corrected chi connectivity index (χ3v) is 2.56. The Morgan fingerprint density at radius 3 is 2.39 bits per heavy atom. The number of nitrogens with two attached hydrogens (primary N) is 3. The molecule has 1 saturated heterocycles. The smallest absolute Gasteiger partial charge is 0.229 e. The van der Waals surface area contributed by atoms with Crippen LogP contribution in [-0.4, -0.2) is 40.2 Å². The first-order valence-corrected chi connectivity index (χ1v) is 5.51. The summed E-state index contributed by atoms with van der Waals surface area (Å²) in [4.78, 5) is 11.5. The average Bonchev–Trinajstić information content (AvgIpc) is 2.27. The molecule has 1 aliphatic rings. The molecule has 1 fully saturated rings. The zero-order chi connectivity index (χ0) is 12.3. The van der Waals surface area contributed by atoms with Crippen molar-refractivity contribution < 1.29 is 4.74 Å². The van der Waals surface area contributed by atoms with Crippen molar-refractivity contribution in [3.05, 3.63) is 0 Å². The van der Waals surface area contributed by atoms with Crippen molar-refractivity contribution in [3.63, 3.8) is 0 Å². The number of halogens is 1. The molecule has 2 rings (SSSR count). The van der Waals surface area contributed by atoms with Crippen molar-refractivity contribution in [2.45, 2.75) is 25.0 Å². The van der Waals surface area contributed by atoms with E-state index in [4.69, 9.17) is 21.9 Å². The normalized spacial score (nSPS) is 23.2. The van der Waals surface area contributed by atoms with Crippen molar-refractivity contribution in [1.29, 1.82) is 0 Å². The van der Waals surface area contributed by atoms with Crippen molar-refractivity contribution in [1.82, 2.24) is 15.0 Å². The summed E-state index contributed by atoms with van der Waals surface area (Å²) in [6.45, 7) is 1.20. The maximum Gasteiger partial charge on any atom is 0.229 e. The first-order valence-electron chi connectivity index (χ1n) is 5.51. The first-order chi connectivity index (χ1) is 8.13. The number of nitrogens with one attached hydrogen (secondary N) is 1. The first kappa shape index (κ1) is 14.7. The van der Waals surface area contributed by atoms with Crippen molar-refractivity contribution in [3.8, 4) is 0 Å². The van der Waals surface area contributed by atoms with Gasteiger partial charge in [-0.25, -0.2) is 0 Å². The fourth-order valence-corrected chi connectivity index (χ4v) is 1.68. The van der Waals surface area contributed by atoms with Gasteiger partial charge in [0.1, 0.15) is 0 Å². The zero-order valence-electron chi connectivity index (χ0n) is 9.87. The molecular weight excluding hydrogens is 258 g/mol. The highest BCUT2D eigenvalue weighted by molar-refractivity contribution is 5.85. The number of nitrogen functional groups attached to an aromatic ring is 2. The van der Waals surface area contributed by atoms with Gasteiger partial charge in [-0.1, -0.05) is 0 Å². The fraction of sp³-hybridized carbons (Fsp3) is 0.667. The van der Waals surface area contributed by atoms with Crippen LogP contribution in [0.3, 0.4) is 0 Å². The zero-order valence-corrected chi connectivity index (χ0v) is 10.7. The molecule has 9 heteroatoms. The van der Waals surface area contributed by atoms with Crippen LogP contribution in [0.4, 0.5) is 17.8 Å². The van der Waals surface area contributed by atoms with Gasteiger partial charge in [-0.15, -0.1) is 12.4 Å². The summed E-state index contributed by atoms with van der Waals surface area (Å²) in [5.41, 5.74) is 16.6. The van der Waals surface area contributed by atoms with Gasteiger partial charge < -0.3 is 27.3 Å². The van der Waals surface area contributed by atoms with E-state index in [-0.39, 0.29) is 36.4 Å². The molecule has 2 atom stereocenters. The number of hydrogen-bond donors (Lipinski definition) is 4. The van der Waals surface area contributed by atoms with Gasteiger partial charge in [0.15, 0.2) is 0 Å². The lowest BCUT2D eigenvalue weighted by Gasteiger charge is -2.26. The summed E-state index contributed by atoms with van der Waals surface area (Å²) in [6, 6.07) is 0.148. The van der Waals surface area contributed by atoms with Gasteiger partial charge in [-0.05, 0) is 12.8 Å². The van der Waals surface area contributed by atoms with Gasteiger partial charge in [-0.2, -0.15) is 15.0 Å². The maximum absolute atomic E-state index is 5.73. The number of ether oxygens (including phenoxy) is 1. The van der Waals surface area contributed by atoms with Gasteiger partial charge in [0.2, 0.25) is 17.8 Å². The van der Waals surface area contributed by atoms with E-state index in [1.54, 1.807) is 0 Å². The fourth-order valence-electron chi connectivity index (χ4n) is 1.68. The quantitative estimate of drug-likeness (QED) is 0.572. The van der Waals surface area contributed by atoms with Gasteiger partial charge >= 0.3 is 0 Å². The molecule has 2 heterocycles. The van der Waals surface area contributed by atoms with E-state index < -0.39 is 0 Å². The predicted molar refractivity (Wildman–Crippen MR) is 71.3 cm³/mol. The van der Waals surface area contributed by atoms with Gasteiger partial charge in [-0.3, -0.25) is 0 Å². The molecule has 1 aromatic heterocycles. The van der Waals surface area contributed by atoms with Crippen LogP contribution in [0.5, 0.6) is 0 Å². The maximum atomic E-state index is 5.73. The SMILES string of the molecule is Cl.Nc1nc(N)nc(NC[C@@H]2CC[C@@H](N)CO2)n1. The van der Waals surface area contributed by atoms with Crippen LogP contribution in [0.2, 0.25) is 0 Å². The van der Waals surface area contributed by atoms with E-state index in [9.17, 15) is 0 Å². The molecule has 102 valence electrons. The van der Waals surface area contributed by atoms with Crippen LogP contribution in [0.1, 0.15) is 12.8 Å². The number of rotatable bonds is 3. The highest BCUT2D eigenvalue weighted by Crippen LogP contribution is 2.13. The topological polar surface area (TPSA) is 138 Å². The molecule has 1 aromatic rings. The van der Waals surface area contributed by atoms with Crippen LogP contribution < -0.4 is 22.5 Å². The van der Waals surface area contributed by atoms with Crippen LogP contribution in [-0.2, 0) is 4.74 Å². The summed E-state index contributed by atoms with van der Waals surface area (Å²) >= 11 is 0. The predicted octanol–water partition coefficient (Wildman–Crippen LogP) is -0.624. The second-order valence-electron chi connectivity index (χ2n) is 4.05. The molecule has 0 radical (unpaired) electrons. The van der Waals surface area contributed by atoms with Crippen LogP contribution in [0.25, 0.3) is 0 Å². The Bertz CT molecular complexity index is 363. The lowest BCUT2D eigenvalue weighted by molar-refractivity contribution is 0.0136. The highest BCUT2D eigenvalue weighted by atomic mass is 35.5. The monoisotopic (exact) mass is 275 g/mol. The Morgan fingerprint density at radius 1 is 1.17 bits per heavy atom. The van der Waals surface area contributed by atoms with Gasteiger partial charge in [0.25, 0.3) is 0 Å². The number of aromatic nitrogens is 3. The Morgan fingerprint density at radius 2 is 1.83 bits per heavy atom. The van der Waals surface area contributed by atoms with Crippen LogP contribution >= 0.6 is 12.4 Å². The molecule has 0 bridgehead atoms. The molecule has 18 heavy (non-hydrogen) atoms. The molecule has 7 N–H and O–H groups in total. The minimum Gasteiger partial charge on any atom is -0.375 e. The van der Waals surface area contributed by atoms with Crippen LogP contribution in [0, 0.1) is 0 Å². The summed E-state index contributed by atoms with van der Waals surface area (Å²) in [7, 11) is 0. The summed E-state index contributed by atoms with van der Waals surface area (Å²) in [5, 5.41) is 3.02. The average molecular weight is 276 g/mol. The van der Waals surface area contributed by atoms with E-state index in [0.717, 1.165) is 12.8 Å². The molecule has 0 aromatic carbocycles. The molecule has 0 saturated carbocycles. The Balaban J connectivity index is 0.00000162. The Hall–Kier alpha value is -1.38. The van der Waals surface area contributed by atoms with Crippen molar-refractivity contribution >= 4 is 30.3 Å². The van der Waals surface area contributed by atoms with Gasteiger partial charge in [0, 0.05) is 12.6 Å². The molecule has 1 aliphatic heterocycles. The summed E-state index contributed by atoms with van der Waals surface area (Å²) in [6.07, 6.45) is 2.01. The number of anilines is 3. The van der Waals surface area contributed by atoms with E-state index >= 15 is 0 Å². The number of nitrogens with zero attached hydrogens (tertiary/aromatic N) is 3. The Kier molecular flexibility index (Phi) is 5.32. The molecule has 0 unspecified atom stereocenters. The third-order valence-electron chi connectivity index (χ3n) is 2.56. The second kappa shape index (κ2) is 6.53.